The van der Waals surface area contributed by atoms with Gasteiger partial charge in [-0.25, -0.2) is 0 Å². The minimum absolute atomic E-state index is 0. The first kappa shape index (κ1) is 28.8. The van der Waals surface area contributed by atoms with Crippen molar-refractivity contribution in [2.45, 2.75) is 46.6 Å². The van der Waals surface area contributed by atoms with Crippen molar-refractivity contribution in [3.63, 3.8) is 0 Å². The molecule has 1 aromatic rings. The second-order valence-corrected chi connectivity index (χ2v) is 7.92. The molecular formula is C24H44IN5O2. The number of unbranched alkanes of at least 4 members (excludes halogenated alkanes) is 1. The third-order valence-electron chi connectivity index (χ3n) is 5.75. The number of aliphatic imine (C=N–C) groups is 1. The summed E-state index contributed by atoms with van der Waals surface area (Å²) in [6, 6.07) is 6.23. The predicted octanol–water partition coefficient (Wildman–Crippen LogP) is 3.75. The van der Waals surface area contributed by atoms with Gasteiger partial charge in [0.1, 0.15) is 0 Å². The van der Waals surface area contributed by atoms with E-state index in [1.807, 2.05) is 27.0 Å². The van der Waals surface area contributed by atoms with Gasteiger partial charge < -0.3 is 29.9 Å². The van der Waals surface area contributed by atoms with Crippen LogP contribution >= 0.6 is 24.0 Å². The van der Waals surface area contributed by atoms with Crippen LogP contribution in [-0.2, 0) is 0 Å². The number of benzene rings is 1. The minimum Gasteiger partial charge on any atom is -0.490 e. The second kappa shape index (κ2) is 16.4. The minimum atomic E-state index is 0. The smallest absolute Gasteiger partial charge is 0.191 e. The lowest BCUT2D eigenvalue weighted by Gasteiger charge is -2.34. The van der Waals surface area contributed by atoms with Gasteiger partial charge in [0.15, 0.2) is 17.5 Å². The monoisotopic (exact) mass is 561 g/mol. The number of likely N-dealkylation sites (N-methyl/N-ethyl adjacent to an activating group) is 1. The predicted molar refractivity (Wildman–Crippen MR) is 145 cm³/mol. The lowest BCUT2D eigenvalue weighted by molar-refractivity contribution is 0.136. The van der Waals surface area contributed by atoms with Crippen LogP contribution in [-0.4, -0.2) is 81.8 Å². The Balaban J connectivity index is 0.00000512. The van der Waals surface area contributed by atoms with Crippen molar-refractivity contribution < 1.29 is 9.47 Å². The number of guanidine groups is 1. The van der Waals surface area contributed by atoms with Crippen LogP contribution in [0, 0.1) is 0 Å². The van der Waals surface area contributed by atoms with Gasteiger partial charge >= 0.3 is 0 Å². The van der Waals surface area contributed by atoms with Gasteiger partial charge in [-0.15, -0.1) is 24.0 Å². The zero-order valence-electron chi connectivity index (χ0n) is 20.7. The van der Waals surface area contributed by atoms with Crippen molar-refractivity contribution >= 4 is 29.9 Å². The van der Waals surface area contributed by atoms with E-state index in [9.17, 15) is 0 Å². The Bertz CT molecular complexity index is 666. The molecule has 1 aliphatic rings. The van der Waals surface area contributed by atoms with Gasteiger partial charge in [-0.05, 0) is 64.4 Å². The first-order chi connectivity index (χ1) is 15.1. The quantitative estimate of drug-likeness (QED) is 0.176. The fraction of sp³-hybridized carbons (Fsp3) is 0.708. The molecule has 2 N–H and O–H groups in total. The van der Waals surface area contributed by atoms with E-state index in [4.69, 9.17) is 9.47 Å². The molecule has 184 valence electrons. The molecule has 7 nitrogen and oxygen atoms in total. The van der Waals surface area contributed by atoms with Crippen LogP contribution in [0.2, 0.25) is 0 Å². The number of hydrogen-bond acceptors (Lipinski definition) is 5. The fourth-order valence-electron chi connectivity index (χ4n) is 3.82. The molecule has 0 spiro atoms. The summed E-state index contributed by atoms with van der Waals surface area (Å²) in [6.45, 7) is 17.7. The Morgan fingerprint density at radius 1 is 1.00 bits per heavy atom. The molecule has 1 heterocycles. The van der Waals surface area contributed by atoms with Crippen LogP contribution in [0.5, 0.6) is 11.5 Å². The van der Waals surface area contributed by atoms with Gasteiger partial charge in [-0.3, -0.25) is 4.99 Å². The third kappa shape index (κ3) is 9.70. The summed E-state index contributed by atoms with van der Waals surface area (Å²) in [5.41, 5.74) is 1.14. The highest BCUT2D eigenvalue weighted by Crippen LogP contribution is 2.30. The van der Waals surface area contributed by atoms with E-state index < -0.39 is 0 Å². The largest absolute Gasteiger partial charge is 0.490 e. The van der Waals surface area contributed by atoms with E-state index in [2.05, 4.69) is 51.4 Å². The number of rotatable bonds is 12. The molecule has 1 aliphatic heterocycles. The van der Waals surface area contributed by atoms with Crippen LogP contribution in [0.4, 0.5) is 0 Å². The molecule has 1 unspecified atom stereocenters. The van der Waals surface area contributed by atoms with E-state index in [0.717, 1.165) is 36.0 Å². The molecular weight excluding hydrogens is 517 g/mol. The first-order valence-electron chi connectivity index (χ1n) is 11.9. The number of halogens is 1. The van der Waals surface area contributed by atoms with Crippen LogP contribution in [0.1, 0.15) is 52.1 Å². The summed E-state index contributed by atoms with van der Waals surface area (Å²) in [5.74, 6) is 2.41. The van der Waals surface area contributed by atoms with Crippen LogP contribution in [0.25, 0.3) is 0 Å². The number of nitrogens with zero attached hydrogens (tertiary/aromatic N) is 3. The Morgan fingerprint density at radius 2 is 1.66 bits per heavy atom. The van der Waals surface area contributed by atoms with Crippen molar-refractivity contribution in [1.82, 2.24) is 20.4 Å². The van der Waals surface area contributed by atoms with Gasteiger partial charge in [0.2, 0.25) is 0 Å². The third-order valence-corrected chi connectivity index (χ3v) is 5.75. The summed E-state index contributed by atoms with van der Waals surface area (Å²) >= 11 is 0. The highest BCUT2D eigenvalue weighted by molar-refractivity contribution is 14.0. The molecule has 1 aromatic carbocycles. The maximum atomic E-state index is 5.76. The zero-order chi connectivity index (χ0) is 22.5. The molecule has 0 aromatic heterocycles. The molecule has 0 amide bonds. The molecule has 1 atom stereocenters. The van der Waals surface area contributed by atoms with Gasteiger partial charge in [0, 0.05) is 39.8 Å². The molecule has 0 bridgehead atoms. The Labute approximate surface area is 212 Å². The van der Waals surface area contributed by atoms with E-state index in [1.54, 1.807) is 0 Å². The number of ether oxygens (including phenoxy) is 2. The average Bonchev–Trinajstić information content (AvgIpc) is 2.79. The first-order valence-corrected chi connectivity index (χ1v) is 11.9. The van der Waals surface area contributed by atoms with Gasteiger partial charge in [-0.2, -0.15) is 0 Å². The molecule has 0 radical (unpaired) electrons. The molecule has 32 heavy (non-hydrogen) atoms. The molecule has 0 saturated carbocycles. The number of nitrogens with one attached hydrogen (secondary N) is 2. The van der Waals surface area contributed by atoms with Crippen LogP contribution in [0.15, 0.2) is 23.2 Å². The number of hydrogen-bond donors (Lipinski definition) is 2. The molecule has 8 heteroatoms. The van der Waals surface area contributed by atoms with Gasteiger partial charge in [0.25, 0.3) is 0 Å². The fourth-order valence-corrected chi connectivity index (χ4v) is 3.82. The molecule has 1 saturated heterocycles. The van der Waals surface area contributed by atoms with Gasteiger partial charge in [0.05, 0.1) is 19.3 Å². The Kier molecular flexibility index (Phi) is 14.7. The number of piperazine rings is 1. The molecule has 0 aliphatic carbocycles. The van der Waals surface area contributed by atoms with E-state index in [-0.39, 0.29) is 30.0 Å². The maximum absolute atomic E-state index is 5.76. The summed E-state index contributed by atoms with van der Waals surface area (Å²) in [6.07, 6.45) is 2.35. The SMILES string of the molecule is CCOc1ccc(C(C)NC(=NC)NCCCCN2CCN(CC)CC2)cc1OCC.I. The van der Waals surface area contributed by atoms with E-state index >= 15 is 0 Å². The standard InChI is InChI=1S/C24H43N5O2.HI/c1-6-28-15-17-29(18-16-28)14-10-9-13-26-24(25-5)27-20(4)21-11-12-22(30-7-2)23(19-21)31-8-3;/h11-12,19-20H,6-10,13-18H2,1-5H3,(H2,25,26,27);1H. The lowest BCUT2D eigenvalue weighted by atomic mass is 10.1. The van der Waals surface area contributed by atoms with E-state index in [0.29, 0.717) is 13.2 Å². The molecule has 2 rings (SSSR count). The Hall–Kier alpha value is -1.26. The highest BCUT2D eigenvalue weighted by Gasteiger charge is 2.15. The van der Waals surface area contributed by atoms with Crippen molar-refractivity contribution in [2.75, 3.05) is 66.1 Å². The van der Waals surface area contributed by atoms with Crippen LogP contribution in [0.3, 0.4) is 0 Å². The normalized spacial score (nSPS) is 16.2. The van der Waals surface area contributed by atoms with Crippen molar-refractivity contribution in [1.29, 1.82) is 0 Å². The van der Waals surface area contributed by atoms with Crippen molar-refractivity contribution in [3.05, 3.63) is 23.8 Å². The summed E-state index contributed by atoms with van der Waals surface area (Å²) in [4.78, 5) is 9.50. The van der Waals surface area contributed by atoms with E-state index in [1.165, 1.54) is 45.7 Å². The maximum Gasteiger partial charge on any atom is 0.191 e. The summed E-state index contributed by atoms with van der Waals surface area (Å²) in [7, 11) is 1.82. The Morgan fingerprint density at radius 3 is 2.28 bits per heavy atom. The van der Waals surface area contributed by atoms with Crippen LogP contribution < -0.4 is 20.1 Å². The average molecular weight is 562 g/mol. The second-order valence-electron chi connectivity index (χ2n) is 7.92. The summed E-state index contributed by atoms with van der Waals surface area (Å²) in [5, 5.41) is 6.93. The lowest BCUT2D eigenvalue weighted by Crippen LogP contribution is -2.46. The van der Waals surface area contributed by atoms with Crippen molar-refractivity contribution in [2.24, 2.45) is 4.99 Å². The topological polar surface area (TPSA) is 61.4 Å². The molecule has 1 fully saturated rings. The zero-order valence-corrected chi connectivity index (χ0v) is 23.0. The van der Waals surface area contributed by atoms with Gasteiger partial charge in [-0.1, -0.05) is 13.0 Å². The summed E-state index contributed by atoms with van der Waals surface area (Å²) < 4.78 is 11.4. The highest BCUT2D eigenvalue weighted by atomic mass is 127. The van der Waals surface area contributed by atoms with Crippen molar-refractivity contribution in [3.8, 4) is 11.5 Å².